The number of thiocarbonyl (C=S) groups is 1. The number of hydrogen-bond acceptors (Lipinski definition) is 3. The third-order valence-corrected chi connectivity index (χ3v) is 5.50. The van der Waals surface area contributed by atoms with Gasteiger partial charge in [0.15, 0.2) is 5.11 Å². The quantitative estimate of drug-likeness (QED) is 0.619. The van der Waals surface area contributed by atoms with Gasteiger partial charge in [0.05, 0.1) is 12.2 Å². The lowest BCUT2D eigenvalue weighted by molar-refractivity contribution is 0.0525. The molecular formula is C19H26N2O2S. The van der Waals surface area contributed by atoms with E-state index in [0.717, 1.165) is 17.2 Å². The number of nitrogens with one attached hydrogen (secondary N) is 2. The van der Waals surface area contributed by atoms with Crippen LogP contribution in [0.3, 0.4) is 0 Å². The van der Waals surface area contributed by atoms with Crippen molar-refractivity contribution in [2.45, 2.75) is 57.9 Å². The standard InChI is InChI=1S/C19H26N2O2S/c1-3-23-17(22)15-7-6-8-16(13(15)2)20-18(24)21-19(14-9-10-14)11-4-5-12-19/h6-8,14H,3-5,9-12H2,1-2H3,(H2,20,21,24). The Kier molecular flexibility index (Phi) is 5.09. The highest BCUT2D eigenvalue weighted by molar-refractivity contribution is 7.80. The van der Waals surface area contributed by atoms with Gasteiger partial charge in [-0.15, -0.1) is 0 Å². The second-order valence-electron chi connectivity index (χ2n) is 6.92. The number of anilines is 1. The molecule has 0 bridgehead atoms. The Bertz CT molecular complexity index is 634. The van der Waals surface area contributed by atoms with Crippen LogP contribution in [0.1, 0.15) is 61.4 Å². The molecule has 24 heavy (non-hydrogen) atoms. The van der Waals surface area contributed by atoms with E-state index in [-0.39, 0.29) is 11.5 Å². The summed E-state index contributed by atoms with van der Waals surface area (Å²) < 4.78 is 5.12. The van der Waals surface area contributed by atoms with Gasteiger partial charge in [-0.25, -0.2) is 4.79 Å². The number of esters is 1. The van der Waals surface area contributed by atoms with Crippen LogP contribution >= 0.6 is 12.2 Å². The highest BCUT2D eigenvalue weighted by Crippen LogP contribution is 2.48. The first-order chi connectivity index (χ1) is 11.6. The van der Waals surface area contributed by atoms with Crippen molar-refractivity contribution in [1.29, 1.82) is 0 Å². The first kappa shape index (κ1) is 17.2. The van der Waals surface area contributed by atoms with E-state index >= 15 is 0 Å². The van der Waals surface area contributed by atoms with E-state index in [1.54, 1.807) is 6.07 Å². The fourth-order valence-electron chi connectivity index (χ4n) is 3.86. The third-order valence-electron chi connectivity index (χ3n) is 5.29. The minimum atomic E-state index is -0.289. The number of benzene rings is 1. The van der Waals surface area contributed by atoms with Crippen LogP contribution in [0.5, 0.6) is 0 Å². The summed E-state index contributed by atoms with van der Waals surface area (Å²) in [6, 6.07) is 5.60. The van der Waals surface area contributed by atoms with Gasteiger partial charge in [0.1, 0.15) is 0 Å². The van der Waals surface area contributed by atoms with Crippen LogP contribution in [0, 0.1) is 12.8 Å². The predicted molar refractivity (Wildman–Crippen MR) is 100 cm³/mol. The molecule has 0 radical (unpaired) electrons. The molecule has 0 aromatic heterocycles. The summed E-state index contributed by atoms with van der Waals surface area (Å²) in [5.41, 5.74) is 2.51. The molecule has 2 aliphatic carbocycles. The van der Waals surface area contributed by atoms with Gasteiger partial charge in [0, 0.05) is 11.2 Å². The van der Waals surface area contributed by atoms with Gasteiger partial charge in [-0.05, 0) is 75.4 Å². The largest absolute Gasteiger partial charge is 0.462 e. The van der Waals surface area contributed by atoms with Crippen LogP contribution < -0.4 is 10.6 Å². The molecule has 2 saturated carbocycles. The Hall–Kier alpha value is -1.62. The van der Waals surface area contributed by atoms with Crippen molar-refractivity contribution in [1.82, 2.24) is 5.32 Å². The van der Waals surface area contributed by atoms with Crippen molar-refractivity contribution in [2.24, 2.45) is 5.92 Å². The highest BCUT2D eigenvalue weighted by Gasteiger charge is 2.47. The zero-order valence-electron chi connectivity index (χ0n) is 14.5. The summed E-state index contributed by atoms with van der Waals surface area (Å²) in [4.78, 5) is 12.0. The molecule has 1 aromatic carbocycles. The average Bonchev–Trinajstić information content (AvgIpc) is 3.31. The molecule has 5 heteroatoms. The van der Waals surface area contributed by atoms with Gasteiger partial charge in [-0.2, -0.15) is 0 Å². The molecule has 0 atom stereocenters. The van der Waals surface area contributed by atoms with Gasteiger partial charge in [-0.3, -0.25) is 0 Å². The SMILES string of the molecule is CCOC(=O)c1cccc(NC(=S)NC2(C3CC3)CCCC2)c1C. The Morgan fingerprint density at radius 1 is 1.33 bits per heavy atom. The van der Waals surface area contributed by atoms with Crippen LogP contribution in [0.4, 0.5) is 5.69 Å². The first-order valence-corrected chi connectivity index (χ1v) is 9.32. The zero-order chi connectivity index (χ0) is 17.2. The lowest BCUT2D eigenvalue weighted by Crippen LogP contribution is -2.49. The zero-order valence-corrected chi connectivity index (χ0v) is 15.3. The maximum atomic E-state index is 12.0. The maximum absolute atomic E-state index is 12.0. The van der Waals surface area contributed by atoms with E-state index in [1.165, 1.54) is 38.5 Å². The van der Waals surface area contributed by atoms with Crippen molar-refractivity contribution in [3.05, 3.63) is 29.3 Å². The van der Waals surface area contributed by atoms with Gasteiger partial charge in [-0.1, -0.05) is 18.9 Å². The number of carbonyl (C=O) groups is 1. The van der Waals surface area contributed by atoms with Crippen molar-refractivity contribution in [3.63, 3.8) is 0 Å². The number of ether oxygens (including phenoxy) is 1. The molecule has 1 aromatic rings. The minimum absolute atomic E-state index is 0.191. The first-order valence-electron chi connectivity index (χ1n) is 8.91. The molecule has 4 nitrogen and oxygen atoms in total. The van der Waals surface area contributed by atoms with E-state index in [2.05, 4.69) is 10.6 Å². The minimum Gasteiger partial charge on any atom is -0.462 e. The van der Waals surface area contributed by atoms with Gasteiger partial charge in [0.2, 0.25) is 0 Å². The smallest absolute Gasteiger partial charge is 0.338 e. The molecule has 0 aliphatic heterocycles. The molecule has 0 unspecified atom stereocenters. The Morgan fingerprint density at radius 2 is 2.04 bits per heavy atom. The van der Waals surface area contributed by atoms with Crippen LogP contribution in [0.2, 0.25) is 0 Å². The van der Waals surface area contributed by atoms with Crippen LogP contribution in [0.25, 0.3) is 0 Å². The lowest BCUT2D eigenvalue weighted by atomic mass is 9.91. The lowest BCUT2D eigenvalue weighted by Gasteiger charge is -2.32. The molecule has 130 valence electrons. The third kappa shape index (κ3) is 3.56. The van der Waals surface area contributed by atoms with E-state index in [4.69, 9.17) is 17.0 Å². The van der Waals surface area contributed by atoms with Gasteiger partial charge < -0.3 is 15.4 Å². The van der Waals surface area contributed by atoms with Crippen molar-refractivity contribution in [2.75, 3.05) is 11.9 Å². The fourth-order valence-corrected chi connectivity index (χ4v) is 4.17. The molecule has 2 N–H and O–H groups in total. The summed E-state index contributed by atoms with van der Waals surface area (Å²) in [6.07, 6.45) is 7.61. The predicted octanol–water partition coefficient (Wildman–Crippen LogP) is 4.18. The topological polar surface area (TPSA) is 50.4 Å². The molecule has 2 aliphatic rings. The average molecular weight is 346 g/mol. The van der Waals surface area contributed by atoms with Gasteiger partial charge >= 0.3 is 5.97 Å². The van der Waals surface area contributed by atoms with Crippen molar-refractivity contribution < 1.29 is 9.53 Å². The van der Waals surface area contributed by atoms with Crippen molar-refractivity contribution >= 4 is 29.0 Å². The van der Waals surface area contributed by atoms with Crippen LogP contribution in [0.15, 0.2) is 18.2 Å². The summed E-state index contributed by atoms with van der Waals surface area (Å²) >= 11 is 5.57. The second kappa shape index (κ2) is 7.09. The maximum Gasteiger partial charge on any atom is 0.338 e. The Labute approximate surface area is 149 Å². The normalized spacial score (nSPS) is 18.9. The monoisotopic (exact) mass is 346 g/mol. The Balaban J connectivity index is 1.70. The van der Waals surface area contributed by atoms with Crippen molar-refractivity contribution in [3.8, 4) is 0 Å². The number of rotatable bonds is 5. The van der Waals surface area contributed by atoms with E-state index in [0.29, 0.717) is 17.3 Å². The summed E-state index contributed by atoms with van der Waals surface area (Å²) in [5.74, 6) is 0.481. The van der Waals surface area contributed by atoms with E-state index < -0.39 is 0 Å². The summed E-state index contributed by atoms with van der Waals surface area (Å²) in [7, 11) is 0. The van der Waals surface area contributed by atoms with Gasteiger partial charge in [0.25, 0.3) is 0 Å². The Morgan fingerprint density at radius 3 is 2.67 bits per heavy atom. The number of carbonyl (C=O) groups excluding carboxylic acids is 1. The van der Waals surface area contributed by atoms with E-state index in [9.17, 15) is 4.79 Å². The molecule has 2 fully saturated rings. The van der Waals surface area contributed by atoms with E-state index in [1.807, 2.05) is 26.0 Å². The molecule has 0 saturated heterocycles. The fraction of sp³-hybridized carbons (Fsp3) is 0.579. The molecule has 3 rings (SSSR count). The summed E-state index contributed by atoms with van der Waals surface area (Å²) in [6.45, 7) is 4.11. The molecular weight excluding hydrogens is 320 g/mol. The molecule has 0 spiro atoms. The second-order valence-corrected chi connectivity index (χ2v) is 7.32. The number of hydrogen-bond donors (Lipinski definition) is 2. The molecule has 0 heterocycles. The van der Waals surface area contributed by atoms with Crippen LogP contribution in [-0.4, -0.2) is 23.2 Å². The highest BCUT2D eigenvalue weighted by atomic mass is 32.1. The molecule has 0 amide bonds. The summed E-state index contributed by atoms with van der Waals surface area (Å²) in [5, 5.41) is 7.56. The van der Waals surface area contributed by atoms with Crippen LogP contribution in [-0.2, 0) is 4.74 Å².